The van der Waals surface area contributed by atoms with E-state index in [-0.39, 0.29) is 10.9 Å². The van der Waals surface area contributed by atoms with Gasteiger partial charge in [0.1, 0.15) is 0 Å². The lowest BCUT2D eigenvalue weighted by atomic mass is 10.2. The number of carbonyl (C=O) groups is 1. The number of nitrogens with zero attached hydrogens (tertiary/aromatic N) is 4. The second kappa shape index (κ2) is 6.86. The number of hydrogen-bond acceptors (Lipinski definition) is 5. The molecule has 1 amide bonds. The van der Waals surface area contributed by atoms with Crippen molar-refractivity contribution >= 4 is 15.9 Å². The van der Waals surface area contributed by atoms with Gasteiger partial charge in [-0.25, -0.2) is 13.4 Å². The van der Waals surface area contributed by atoms with Crippen LogP contribution in [0, 0.1) is 6.92 Å². The van der Waals surface area contributed by atoms with Gasteiger partial charge in [-0.05, 0) is 41.8 Å². The van der Waals surface area contributed by atoms with Crippen molar-refractivity contribution in [2.24, 2.45) is 0 Å². The molecule has 0 unspecified atom stereocenters. The summed E-state index contributed by atoms with van der Waals surface area (Å²) in [6, 6.07) is 8.67. The van der Waals surface area contributed by atoms with Crippen molar-refractivity contribution in [3.63, 3.8) is 0 Å². The highest BCUT2D eigenvalue weighted by molar-refractivity contribution is 7.89. The zero-order valence-corrected chi connectivity index (χ0v) is 15.8. The first kappa shape index (κ1) is 17.8. The largest absolute Gasteiger partial charge is 0.334 e. The number of carbonyl (C=O) groups excluding carboxylic acids is 1. The molecule has 0 fully saturated rings. The predicted molar refractivity (Wildman–Crippen MR) is 99.3 cm³/mol. The van der Waals surface area contributed by atoms with Gasteiger partial charge in [0.25, 0.3) is 10.0 Å². The first-order chi connectivity index (χ1) is 12.9. The second-order valence-corrected chi connectivity index (χ2v) is 8.77. The van der Waals surface area contributed by atoms with Crippen molar-refractivity contribution in [2.45, 2.75) is 18.4 Å². The number of pyridine rings is 2. The van der Waals surface area contributed by atoms with E-state index in [0.29, 0.717) is 32.6 Å². The van der Waals surface area contributed by atoms with Gasteiger partial charge < -0.3 is 4.90 Å². The van der Waals surface area contributed by atoms with Crippen molar-refractivity contribution in [3.8, 4) is 0 Å². The van der Waals surface area contributed by atoms with Crippen molar-refractivity contribution in [1.29, 1.82) is 0 Å². The van der Waals surface area contributed by atoms with Crippen LogP contribution >= 0.6 is 0 Å². The monoisotopic (exact) mass is 384 g/mol. The fourth-order valence-corrected chi connectivity index (χ4v) is 4.77. The van der Waals surface area contributed by atoms with Crippen LogP contribution in [0.25, 0.3) is 0 Å². The van der Waals surface area contributed by atoms with E-state index < -0.39 is 10.0 Å². The summed E-state index contributed by atoms with van der Waals surface area (Å²) in [5.74, 6) is 0.0363. The molecular formula is C19H20N4O3S. The maximum Gasteiger partial charge on any atom is 0.261 e. The molecule has 2 aromatic heterocycles. The number of sulfonamides is 1. The summed E-state index contributed by atoms with van der Waals surface area (Å²) in [6.45, 7) is 3.53. The summed E-state index contributed by atoms with van der Waals surface area (Å²) >= 11 is 0. The highest BCUT2D eigenvalue weighted by atomic mass is 32.2. The molecule has 2 aliphatic heterocycles. The Morgan fingerprint density at radius 1 is 1.04 bits per heavy atom. The number of amides is 1. The molecule has 0 bridgehead atoms. The van der Waals surface area contributed by atoms with E-state index in [0.717, 1.165) is 22.4 Å². The Hall–Kier alpha value is -2.58. The highest BCUT2D eigenvalue weighted by Crippen LogP contribution is 2.29. The average molecular weight is 384 g/mol. The molecular weight excluding hydrogens is 364 g/mol. The average Bonchev–Trinajstić information content (AvgIpc) is 3.24. The van der Waals surface area contributed by atoms with E-state index in [9.17, 15) is 13.2 Å². The third kappa shape index (κ3) is 3.50. The minimum atomic E-state index is -3.60. The van der Waals surface area contributed by atoms with E-state index in [2.05, 4.69) is 9.97 Å². The molecule has 0 radical (unpaired) electrons. The van der Waals surface area contributed by atoms with Crippen LogP contribution < -0.4 is 0 Å². The maximum atomic E-state index is 12.7. The Balaban J connectivity index is 1.38. The minimum absolute atomic E-state index is 0.0363. The molecule has 0 N–H and O–H groups in total. The van der Waals surface area contributed by atoms with Gasteiger partial charge in [0, 0.05) is 44.3 Å². The molecule has 0 spiro atoms. The van der Waals surface area contributed by atoms with Crippen LogP contribution in [0.2, 0.25) is 0 Å². The van der Waals surface area contributed by atoms with Crippen molar-refractivity contribution in [3.05, 3.63) is 65.1 Å². The van der Waals surface area contributed by atoms with Gasteiger partial charge in [0.05, 0.1) is 6.42 Å². The predicted octanol–water partition coefficient (Wildman–Crippen LogP) is 1.17. The van der Waals surface area contributed by atoms with E-state index in [1.165, 1.54) is 16.6 Å². The first-order valence-corrected chi connectivity index (χ1v) is 10.2. The lowest BCUT2D eigenvalue weighted by Crippen LogP contribution is -2.37. The molecule has 140 valence electrons. The van der Waals surface area contributed by atoms with Gasteiger partial charge in [0.2, 0.25) is 5.91 Å². The smallest absolute Gasteiger partial charge is 0.261 e. The Morgan fingerprint density at radius 2 is 1.78 bits per heavy atom. The van der Waals surface area contributed by atoms with Gasteiger partial charge in [-0.2, -0.15) is 4.31 Å². The lowest BCUT2D eigenvalue weighted by molar-refractivity contribution is -0.129. The van der Waals surface area contributed by atoms with Crippen LogP contribution in [-0.2, 0) is 21.2 Å². The van der Waals surface area contributed by atoms with Gasteiger partial charge >= 0.3 is 0 Å². The zero-order valence-electron chi connectivity index (χ0n) is 15.0. The Bertz CT molecular complexity index is 983. The second-order valence-electron chi connectivity index (χ2n) is 6.88. The van der Waals surface area contributed by atoms with Crippen molar-refractivity contribution in [1.82, 2.24) is 19.2 Å². The summed E-state index contributed by atoms with van der Waals surface area (Å²) in [7, 11) is -3.60. The number of rotatable bonds is 4. The summed E-state index contributed by atoms with van der Waals surface area (Å²) < 4.78 is 26.8. The number of aromatic nitrogens is 2. The molecule has 4 rings (SSSR count). The molecule has 0 aliphatic carbocycles. The van der Waals surface area contributed by atoms with E-state index in [1.54, 1.807) is 23.2 Å². The summed E-state index contributed by atoms with van der Waals surface area (Å²) in [4.78, 5) is 22.5. The fraction of sp³-hybridized carbons (Fsp3) is 0.316. The maximum absolute atomic E-state index is 12.7. The highest BCUT2D eigenvalue weighted by Gasteiger charge is 2.37. The standard InChI is InChI=1S/C19H20N4O3S/c1-14-5-6-15(9-21-14)8-19(24)22-10-16-12-23(13-17(16)11-22)27(25,26)18-4-2-3-7-20-18/h2-7,9H,8,10-13H2,1H3. The third-order valence-corrected chi connectivity index (χ3v) is 6.63. The molecule has 7 nitrogen and oxygen atoms in total. The van der Waals surface area contributed by atoms with Crippen molar-refractivity contribution < 1.29 is 13.2 Å². The lowest BCUT2D eigenvalue weighted by Gasteiger charge is -2.22. The van der Waals surface area contributed by atoms with Crippen LogP contribution in [0.3, 0.4) is 0 Å². The molecule has 4 heterocycles. The Labute approximate surface area is 158 Å². The summed E-state index contributed by atoms with van der Waals surface area (Å²) in [5, 5.41) is 0.0611. The van der Waals surface area contributed by atoms with Gasteiger partial charge in [-0.1, -0.05) is 12.1 Å². The summed E-state index contributed by atoms with van der Waals surface area (Å²) in [6.07, 6.45) is 3.51. The molecule has 0 atom stereocenters. The summed E-state index contributed by atoms with van der Waals surface area (Å²) in [5.41, 5.74) is 3.84. The van der Waals surface area contributed by atoms with E-state index in [4.69, 9.17) is 0 Å². The number of aryl methyl sites for hydroxylation is 1. The molecule has 0 saturated carbocycles. The SMILES string of the molecule is Cc1ccc(CC(=O)N2CC3=C(C2)CN(S(=O)(=O)c2ccccn2)C3)cn1. The molecule has 27 heavy (non-hydrogen) atoms. The van der Waals surface area contributed by atoms with Crippen LogP contribution in [0.5, 0.6) is 0 Å². The molecule has 2 aromatic rings. The quantitative estimate of drug-likeness (QED) is 0.739. The van der Waals surface area contributed by atoms with Crippen LogP contribution in [0.15, 0.2) is 58.9 Å². The molecule has 2 aliphatic rings. The zero-order chi connectivity index (χ0) is 19.0. The fourth-order valence-electron chi connectivity index (χ4n) is 3.41. The molecule has 0 saturated heterocycles. The van der Waals surface area contributed by atoms with Crippen LogP contribution in [-0.4, -0.2) is 59.7 Å². The first-order valence-electron chi connectivity index (χ1n) is 8.74. The van der Waals surface area contributed by atoms with Crippen molar-refractivity contribution in [2.75, 3.05) is 26.2 Å². The van der Waals surface area contributed by atoms with E-state index in [1.807, 2.05) is 19.1 Å². The normalized spacial score (nSPS) is 17.4. The van der Waals surface area contributed by atoms with Crippen LogP contribution in [0.1, 0.15) is 11.3 Å². The minimum Gasteiger partial charge on any atom is -0.334 e. The Morgan fingerprint density at radius 3 is 2.37 bits per heavy atom. The molecule has 0 aromatic carbocycles. The van der Waals surface area contributed by atoms with Gasteiger partial charge in [0.15, 0.2) is 5.03 Å². The number of hydrogen-bond donors (Lipinski definition) is 0. The van der Waals surface area contributed by atoms with E-state index >= 15 is 0 Å². The molecule has 8 heteroatoms. The van der Waals surface area contributed by atoms with Gasteiger partial charge in [-0.15, -0.1) is 0 Å². The third-order valence-electron chi connectivity index (χ3n) is 4.92. The topological polar surface area (TPSA) is 83.5 Å². The van der Waals surface area contributed by atoms with Crippen LogP contribution in [0.4, 0.5) is 0 Å². The Kier molecular flexibility index (Phi) is 4.53. The van der Waals surface area contributed by atoms with Gasteiger partial charge in [-0.3, -0.25) is 9.78 Å².